The summed E-state index contributed by atoms with van der Waals surface area (Å²) in [6, 6.07) is 103. The molecule has 0 amide bonds. The number of benzene rings is 14. The third-order valence-electron chi connectivity index (χ3n) is 15.0. The number of rotatable bonds is 7. The maximum atomic E-state index is 2.42. The molecule has 0 unspecified atom stereocenters. The van der Waals surface area contributed by atoms with E-state index in [4.69, 9.17) is 0 Å². The zero-order valence-corrected chi connectivity index (χ0v) is 39.6. The minimum Gasteiger partial charge on any atom is -0.0622 e. The minimum atomic E-state index is 1.19. The second kappa shape index (κ2) is 17.2. The molecule has 0 atom stereocenters. The number of hydrogen-bond acceptors (Lipinski definition) is 0. The van der Waals surface area contributed by atoms with Gasteiger partial charge in [-0.05, 0) is 167 Å². The van der Waals surface area contributed by atoms with Crippen molar-refractivity contribution in [1.82, 2.24) is 0 Å². The van der Waals surface area contributed by atoms with Gasteiger partial charge < -0.3 is 0 Å². The normalized spacial score (nSPS) is 11.6. The molecule has 0 saturated carbocycles. The predicted octanol–water partition coefficient (Wildman–Crippen LogP) is 20.3. The van der Waals surface area contributed by atoms with Crippen LogP contribution in [-0.4, -0.2) is 0 Å². The zero-order valence-electron chi connectivity index (χ0n) is 39.6. The Morgan fingerprint density at radius 3 is 0.944 bits per heavy atom. The molecule has 0 heterocycles. The third kappa shape index (κ3) is 6.91. The highest BCUT2D eigenvalue weighted by Crippen LogP contribution is 2.47. The lowest BCUT2D eigenvalue weighted by molar-refractivity contribution is 1.62. The van der Waals surface area contributed by atoms with Gasteiger partial charge in [-0.2, -0.15) is 0 Å². The second-order valence-electron chi connectivity index (χ2n) is 19.1. The first kappa shape index (κ1) is 41.6. The Morgan fingerprint density at radius 1 is 0.139 bits per heavy atom. The van der Waals surface area contributed by atoms with E-state index in [1.165, 1.54) is 143 Å². The Kier molecular flexibility index (Phi) is 9.96. The first-order valence-corrected chi connectivity index (χ1v) is 25.0. The summed E-state index contributed by atoms with van der Waals surface area (Å²) in [4.78, 5) is 0. The van der Waals surface area contributed by atoms with E-state index in [2.05, 4.69) is 279 Å². The third-order valence-corrected chi connectivity index (χ3v) is 15.0. The fraction of sp³-hybridized carbons (Fsp3) is 0. The van der Waals surface area contributed by atoms with E-state index < -0.39 is 0 Å². The van der Waals surface area contributed by atoms with E-state index >= 15 is 0 Å². The average molecular weight is 911 g/mol. The average Bonchev–Trinajstić information content (AvgIpc) is 3.46. The molecule has 0 aromatic heterocycles. The van der Waals surface area contributed by atoms with Gasteiger partial charge in [0, 0.05) is 0 Å². The fourth-order valence-corrected chi connectivity index (χ4v) is 11.8. The van der Waals surface area contributed by atoms with E-state index in [0.29, 0.717) is 0 Å². The minimum absolute atomic E-state index is 1.19. The molecule has 334 valence electrons. The van der Waals surface area contributed by atoms with E-state index in [0.717, 1.165) is 0 Å². The smallest absolute Gasteiger partial charge is 0.00262 e. The summed E-state index contributed by atoms with van der Waals surface area (Å²) in [6.07, 6.45) is 0. The summed E-state index contributed by atoms with van der Waals surface area (Å²) in [5.41, 5.74) is 17.2. The van der Waals surface area contributed by atoms with Gasteiger partial charge in [-0.3, -0.25) is 0 Å². The Hall–Kier alpha value is -9.36. The fourth-order valence-electron chi connectivity index (χ4n) is 11.8. The van der Waals surface area contributed by atoms with Crippen molar-refractivity contribution in [2.45, 2.75) is 0 Å². The largest absolute Gasteiger partial charge is 0.0622 e. The first-order valence-electron chi connectivity index (χ1n) is 25.0. The SMILES string of the molecule is c1ccc(-c2c3ccccc3c(-c3ccc(-c4ccc5c(-c6ccccc6)cc6ccc(-c7cccc(-c8c9ccccc9c(-c9ccccc9)c9ccccc89)c7)cc6c5c4)cc3)c3ccccc23)cc1. The Labute approximate surface area is 419 Å². The Bertz CT molecular complexity index is 4280. The van der Waals surface area contributed by atoms with E-state index in [9.17, 15) is 0 Å². The highest BCUT2D eigenvalue weighted by molar-refractivity contribution is 6.23. The van der Waals surface area contributed by atoms with Gasteiger partial charge in [-0.15, -0.1) is 0 Å². The van der Waals surface area contributed by atoms with Crippen LogP contribution in [0, 0.1) is 0 Å². The summed E-state index contributed by atoms with van der Waals surface area (Å²) < 4.78 is 0. The van der Waals surface area contributed by atoms with Crippen LogP contribution < -0.4 is 0 Å². The van der Waals surface area contributed by atoms with E-state index in [1.807, 2.05) is 0 Å². The van der Waals surface area contributed by atoms with Gasteiger partial charge >= 0.3 is 0 Å². The highest BCUT2D eigenvalue weighted by atomic mass is 14.2. The molecule has 0 N–H and O–H groups in total. The van der Waals surface area contributed by atoms with Gasteiger partial charge in [0.05, 0.1) is 0 Å². The van der Waals surface area contributed by atoms with Crippen LogP contribution in [0.1, 0.15) is 0 Å². The van der Waals surface area contributed by atoms with Crippen LogP contribution in [0.4, 0.5) is 0 Å². The van der Waals surface area contributed by atoms with Crippen LogP contribution in [-0.2, 0) is 0 Å². The summed E-state index contributed by atoms with van der Waals surface area (Å²) in [6.45, 7) is 0. The van der Waals surface area contributed by atoms with Crippen molar-refractivity contribution < 1.29 is 0 Å². The lowest BCUT2D eigenvalue weighted by Crippen LogP contribution is -1.91. The maximum Gasteiger partial charge on any atom is -0.00262 e. The van der Waals surface area contributed by atoms with Crippen molar-refractivity contribution >= 4 is 64.6 Å². The Morgan fingerprint density at radius 2 is 0.458 bits per heavy atom. The van der Waals surface area contributed by atoms with Gasteiger partial charge in [-0.1, -0.05) is 255 Å². The van der Waals surface area contributed by atoms with Crippen molar-refractivity contribution in [3.63, 3.8) is 0 Å². The number of hydrogen-bond donors (Lipinski definition) is 0. The summed E-state index contributed by atoms with van der Waals surface area (Å²) in [7, 11) is 0. The Balaban J connectivity index is 0.909. The number of fused-ring (bicyclic) bond motifs is 7. The highest BCUT2D eigenvalue weighted by Gasteiger charge is 2.19. The molecule has 14 aromatic carbocycles. The van der Waals surface area contributed by atoms with Gasteiger partial charge in [0.25, 0.3) is 0 Å². The molecule has 0 saturated heterocycles. The van der Waals surface area contributed by atoms with Gasteiger partial charge in [0.1, 0.15) is 0 Å². The van der Waals surface area contributed by atoms with Crippen molar-refractivity contribution in [2.75, 3.05) is 0 Å². The summed E-state index contributed by atoms with van der Waals surface area (Å²) >= 11 is 0. The molecule has 0 aliphatic rings. The monoisotopic (exact) mass is 910 g/mol. The van der Waals surface area contributed by atoms with Crippen molar-refractivity contribution in [3.05, 3.63) is 279 Å². The predicted molar refractivity (Wildman–Crippen MR) is 310 cm³/mol. The van der Waals surface area contributed by atoms with Crippen LogP contribution in [0.2, 0.25) is 0 Å². The second-order valence-corrected chi connectivity index (χ2v) is 19.1. The molecular weight excluding hydrogens is 865 g/mol. The molecule has 0 aliphatic carbocycles. The topological polar surface area (TPSA) is 0 Å². The van der Waals surface area contributed by atoms with Crippen LogP contribution in [0.15, 0.2) is 279 Å². The quantitative estimate of drug-likeness (QED) is 0.110. The maximum absolute atomic E-state index is 2.42. The van der Waals surface area contributed by atoms with E-state index in [1.54, 1.807) is 0 Å². The van der Waals surface area contributed by atoms with Gasteiger partial charge in [0.2, 0.25) is 0 Å². The molecule has 0 radical (unpaired) electrons. The molecule has 0 fully saturated rings. The molecular formula is C72H46. The molecule has 14 rings (SSSR count). The molecule has 14 aromatic rings. The van der Waals surface area contributed by atoms with E-state index in [-0.39, 0.29) is 0 Å². The molecule has 0 bridgehead atoms. The summed E-state index contributed by atoms with van der Waals surface area (Å²) in [5.74, 6) is 0. The first-order chi connectivity index (χ1) is 35.7. The summed E-state index contributed by atoms with van der Waals surface area (Å²) in [5, 5.41) is 15.0. The van der Waals surface area contributed by atoms with Crippen LogP contribution >= 0.6 is 0 Å². The van der Waals surface area contributed by atoms with Crippen molar-refractivity contribution in [2.24, 2.45) is 0 Å². The van der Waals surface area contributed by atoms with Crippen LogP contribution in [0.5, 0.6) is 0 Å². The van der Waals surface area contributed by atoms with Crippen LogP contribution in [0.3, 0.4) is 0 Å². The molecule has 0 aliphatic heterocycles. The molecule has 0 spiro atoms. The van der Waals surface area contributed by atoms with Gasteiger partial charge in [-0.25, -0.2) is 0 Å². The van der Waals surface area contributed by atoms with Crippen LogP contribution in [0.25, 0.3) is 143 Å². The van der Waals surface area contributed by atoms with Crippen molar-refractivity contribution in [1.29, 1.82) is 0 Å². The standard InChI is InChI=1S/C72H46/c1-4-19-48(20-5-1)66-46-55-40-39-54(52-25-18-26-56(43-52)72-64-33-16-14-31-62(64)70(50-23-8-3-9-24-50)63-32-15-17-34-65(63)72)44-67(55)68-45-53(41-42-57(66)68)47-35-37-51(38-36-47)71-60-29-12-10-27-58(60)69(49-21-6-2-7-22-49)59-28-11-13-30-61(59)71/h1-46H. The van der Waals surface area contributed by atoms with Gasteiger partial charge in [0.15, 0.2) is 0 Å². The van der Waals surface area contributed by atoms with Crippen molar-refractivity contribution in [3.8, 4) is 77.9 Å². The lowest BCUT2D eigenvalue weighted by atomic mass is 9.85. The molecule has 72 heavy (non-hydrogen) atoms. The lowest BCUT2D eigenvalue weighted by Gasteiger charge is -2.18. The zero-order chi connectivity index (χ0) is 47.5. The molecule has 0 heteroatoms. The molecule has 0 nitrogen and oxygen atoms in total.